The number of aromatic nitrogens is 2. The molecule has 0 N–H and O–H groups in total. The number of halogens is 1. The van der Waals surface area contributed by atoms with E-state index in [0.717, 1.165) is 40.7 Å². The van der Waals surface area contributed by atoms with Crippen LogP contribution < -0.4 is 0 Å². The summed E-state index contributed by atoms with van der Waals surface area (Å²) in [5.74, 6) is 0.843. The van der Waals surface area contributed by atoms with Crippen molar-refractivity contribution in [2.45, 2.75) is 12.6 Å². The van der Waals surface area contributed by atoms with Crippen LogP contribution in [0.1, 0.15) is 17.4 Å². The molecule has 128 valence electrons. The van der Waals surface area contributed by atoms with Gasteiger partial charge in [0, 0.05) is 42.1 Å². The molecule has 1 aliphatic heterocycles. The highest BCUT2D eigenvalue weighted by molar-refractivity contribution is 6.30. The van der Waals surface area contributed by atoms with E-state index in [1.165, 1.54) is 0 Å². The van der Waals surface area contributed by atoms with Crippen molar-refractivity contribution in [2.75, 3.05) is 19.7 Å². The fourth-order valence-electron chi connectivity index (χ4n) is 2.98. The lowest BCUT2D eigenvalue weighted by atomic mass is 10.1. The largest absolute Gasteiger partial charge is 0.371 e. The molecule has 1 aliphatic rings. The van der Waals surface area contributed by atoms with Crippen molar-refractivity contribution in [3.63, 3.8) is 0 Å². The van der Waals surface area contributed by atoms with E-state index >= 15 is 0 Å². The minimum Gasteiger partial charge on any atom is -0.371 e. The maximum absolute atomic E-state index is 5.96. The number of nitrogens with zero attached hydrogens (tertiary/aromatic N) is 3. The van der Waals surface area contributed by atoms with Gasteiger partial charge in [0.1, 0.15) is 5.69 Å². The molecule has 5 nitrogen and oxygen atoms in total. The number of rotatable bonds is 4. The van der Waals surface area contributed by atoms with Crippen molar-refractivity contribution in [3.05, 3.63) is 71.2 Å². The van der Waals surface area contributed by atoms with Crippen LogP contribution in [0.25, 0.3) is 11.3 Å². The van der Waals surface area contributed by atoms with E-state index in [4.69, 9.17) is 20.9 Å². The Morgan fingerprint density at radius 3 is 2.88 bits per heavy atom. The number of pyridine rings is 1. The Balaban J connectivity index is 1.42. The maximum atomic E-state index is 5.96. The molecule has 6 heteroatoms. The normalized spacial score (nSPS) is 18.4. The van der Waals surface area contributed by atoms with Crippen molar-refractivity contribution in [3.8, 4) is 11.3 Å². The van der Waals surface area contributed by atoms with Crippen LogP contribution in [0.15, 0.2) is 59.4 Å². The fourth-order valence-corrected chi connectivity index (χ4v) is 3.11. The Morgan fingerprint density at radius 1 is 1.20 bits per heavy atom. The average molecular weight is 356 g/mol. The minimum absolute atomic E-state index is 0.0479. The molecule has 0 amide bonds. The Labute approximate surface area is 151 Å². The number of morpholine rings is 1. The lowest BCUT2D eigenvalue weighted by Gasteiger charge is -2.32. The molecular weight excluding hydrogens is 338 g/mol. The molecule has 1 aromatic carbocycles. The zero-order valence-electron chi connectivity index (χ0n) is 13.6. The first-order chi connectivity index (χ1) is 12.3. The number of ether oxygens (including phenoxy) is 1. The van der Waals surface area contributed by atoms with Gasteiger partial charge in [-0.25, -0.2) is 0 Å². The fraction of sp³-hybridized carbons (Fsp3) is 0.263. The first kappa shape index (κ1) is 16.3. The van der Waals surface area contributed by atoms with Gasteiger partial charge in [0.15, 0.2) is 5.76 Å². The molecule has 0 unspecified atom stereocenters. The van der Waals surface area contributed by atoms with Crippen molar-refractivity contribution in [2.24, 2.45) is 0 Å². The summed E-state index contributed by atoms with van der Waals surface area (Å²) in [5.41, 5.74) is 2.91. The van der Waals surface area contributed by atoms with Crippen LogP contribution in [0.2, 0.25) is 5.02 Å². The van der Waals surface area contributed by atoms with E-state index in [0.29, 0.717) is 13.2 Å². The van der Waals surface area contributed by atoms with Gasteiger partial charge in [-0.1, -0.05) is 28.9 Å². The van der Waals surface area contributed by atoms with Crippen molar-refractivity contribution >= 4 is 11.6 Å². The second-order valence-electron chi connectivity index (χ2n) is 6.07. The lowest BCUT2D eigenvalue weighted by molar-refractivity contribution is -0.0351. The van der Waals surface area contributed by atoms with E-state index < -0.39 is 0 Å². The molecular formula is C19H18ClN3O2. The smallest absolute Gasteiger partial charge is 0.151 e. The van der Waals surface area contributed by atoms with E-state index in [1.54, 1.807) is 12.4 Å². The molecule has 0 saturated carbocycles. The third-order valence-electron chi connectivity index (χ3n) is 4.29. The molecule has 3 heterocycles. The molecule has 2 aromatic heterocycles. The first-order valence-corrected chi connectivity index (χ1v) is 8.61. The maximum Gasteiger partial charge on any atom is 0.151 e. The second-order valence-corrected chi connectivity index (χ2v) is 6.50. The van der Waals surface area contributed by atoms with Crippen molar-refractivity contribution in [1.82, 2.24) is 15.0 Å². The van der Waals surface area contributed by atoms with Gasteiger partial charge in [0.05, 0.1) is 19.3 Å². The molecule has 4 rings (SSSR count). The number of hydrogen-bond acceptors (Lipinski definition) is 5. The summed E-state index contributed by atoms with van der Waals surface area (Å²) in [6.07, 6.45) is 3.58. The highest BCUT2D eigenvalue weighted by atomic mass is 35.5. The van der Waals surface area contributed by atoms with Crippen LogP contribution in [0.5, 0.6) is 0 Å². The summed E-state index contributed by atoms with van der Waals surface area (Å²) >= 11 is 5.96. The van der Waals surface area contributed by atoms with Gasteiger partial charge in [-0.05, 0) is 29.8 Å². The summed E-state index contributed by atoms with van der Waals surface area (Å²) in [6.45, 7) is 3.08. The van der Waals surface area contributed by atoms with Crippen molar-refractivity contribution in [1.29, 1.82) is 0 Å². The monoisotopic (exact) mass is 355 g/mol. The summed E-state index contributed by atoms with van der Waals surface area (Å²) in [7, 11) is 0. The lowest BCUT2D eigenvalue weighted by Crippen LogP contribution is -2.37. The van der Waals surface area contributed by atoms with Gasteiger partial charge in [-0.2, -0.15) is 0 Å². The van der Waals surface area contributed by atoms with Gasteiger partial charge in [0.25, 0.3) is 0 Å². The number of benzene rings is 1. The molecule has 0 aliphatic carbocycles. The van der Waals surface area contributed by atoms with Crippen LogP contribution in [0.4, 0.5) is 0 Å². The standard InChI is InChI=1S/C19H18ClN3O2/c20-16-5-3-14(4-6-16)19-13-23(8-9-24-19)12-17-10-18(22-25-17)15-2-1-7-21-11-15/h1-7,10-11,19H,8-9,12-13H2/t19-/m0/s1. The zero-order valence-corrected chi connectivity index (χ0v) is 14.4. The van der Waals surface area contributed by atoms with Crippen LogP contribution in [0.3, 0.4) is 0 Å². The summed E-state index contributed by atoms with van der Waals surface area (Å²) in [5, 5.41) is 4.89. The van der Waals surface area contributed by atoms with Crippen LogP contribution in [-0.2, 0) is 11.3 Å². The molecule has 25 heavy (non-hydrogen) atoms. The number of hydrogen-bond donors (Lipinski definition) is 0. The Kier molecular flexibility index (Phi) is 4.78. The molecule has 1 saturated heterocycles. The van der Waals surface area contributed by atoms with E-state index in [2.05, 4.69) is 15.0 Å². The molecule has 1 fully saturated rings. The molecule has 0 spiro atoms. The quantitative estimate of drug-likeness (QED) is 0.709. The minimum atomic E-state index is 0.0479. The predicted octanol–water partition coefficient (Wildman–Crippen LogP) is 3.96. The topological polar surface area (TPSA) is 51.4 Å². The van der Waals surface area contributed by atoms with Crippen LogP contribution in [-0.4, -0.2) is 34.7 Å². The Hall–Kier alpha value is -2.21. The van der Waals surface area contributed by atoms with Crippen LogP contribution >= 0.6 is 11.6 Å². The Morgan fingerprint density at radius 2 is 2.08 bits per heavy atom. The summed E-state index contributed by atoms with van der Waals surface area (Å²) < 4.78 is 11.4. The average Bonchev–Trinajstić information content (AvgIpc) is 3.12. The summed E-state index contributed by atoms with van der Waals surface area (Å²) in [6, 6.07) is 13.7. The SMILES string of the molecule is Clc1ccc([C@@H]2CN(Cc3cc(-c4cccnc4)no3)CCO2)cc1. The third kappa shape index (κ3) is 3.90. The highest BCUT2D eigenvalue weighted by Crippen LogP contribution is 2.25. The third-order valence-corrected chi connectivity index (χ3v) is 4.54. The summed E-state index contributed by atoms with van der Waals surface area (Å²) in [4.78, 5) is 6.43. The predicted molar refractivity (Wildman–Crippen MR) is 95.2 cm³/mol. The molecule has 3 aromatic rings. The van der Waals surface area contributed by atoms with Crippen molar-refractivity contribution < 1.29 is 9.26 Å². The van der Waals surface area contributed by atoms with E-state index in [-0.39, 0.29) is 6.10 Å². The first-order valence-electron chi connectivity index (χ1n) is 8.23. The van der Waals surface area contributed by atoms with E-state index in [1.807, 2.05) is 42.5 Å². The van der Waals surface area contributed by atoms with E-state index in [9.17, 15) is 0 Å². The highest BCUT2D eigenvalue weighted by Gasteiger charge is 2.23. The van der Waals surface area contributed by atoms with Gasteiger partial charge in [0.2, 0.25) is 0 Å². The zero-order chi connectivity index (χ0) is 17.1. The molecule has 0 bridgehead atoms. The van der Waals surface area contributed by atoms with Crippen LogP contribution in [0, 0.1) is 0 Å². The van der Waals surface area contributed by atoms with Gasteiger partial charge in [-0.3, -0.25) is 9.88 Å². The van der Waals surface area contributed by atoms with Gasteiger partial charge in [-0.15, -0.1) is 0 Å². The van der Waals surface area contributed by atoms with Gasteiger partial charge < -0.3 is 9.26 Å². The van der Waals surface area contributed by atoms with Gasteiger partial charge >= 0.3 is 0 Å². The molecule has 0 radical (unpaired) electrons. The molecule has 1 atom stereocenters. The second kappa shape index (κ2) is 7.35. The Bertz CT molecular complexity index is 820.